The molecule has 2 heterocycles. The molecule has 6 heteroatoms. The first-order chi connectivity index (χ1) is 10.6. The number of methoxy groups -OCH3 is 1. The molecule has 112 valence electrons. The SMILES string of the molecule is COC(=O)c1ccnc(Sc2c(C)[nH]c3cc(Cl)ccc23)c1. The molecule has 0 fully saturated rings. The number of esters is 1. The highest BCUT2D eigenvalue weighted by molar-refractivity contribution is 7.99. The van der Waals surface area contributed by atoms with Crippen LogP contribution in [0.4, 0.5) is 0 Å². The molecule has 0 saturated carbocycles. The third kappa shape index (κ3) is 2.82. The van der Waals surface area contributed by atoms with Crippen molar-refractivity contribution >= 4 is 40.2 Å². The minimum absolute atomic E-state index is 0.369. The van der Waals surface area contributed by atoms with E-state index in [2.05, 4.69) is 9.97 Å². The summed E-state index contributed by atoms with van der Waals surface area (Å²) < 4.78 is 4.74. The van der Waals surface area contributed by atoms with E-state index in [9.17, 15) is 4.79 Å². The predicted molar refractivity (Wildman–Crippen MR) is 87.7 cm³/mol. The summed E-state index contributed by atoms with van der Waals surface area (Å²) in [5.74, 6) is -0.369. The number of rotatable bonds is 3. The Morgan fingerprint density at radius 3 is 2.91 bits per heavy atom. The van der Waals surface area contributed by atoms with E-state index >= 15 is 0 Å². The molecule has 0 aliphatic heterocycles. The number of hydrogen-bond acceptors (Lipinski definition) is 4. The van der Waals surface area contributed by atoms with Gasteiger partial charge in [-0.05, 0) is 31.2 Å². The van der Waals surface area contributed by atoms with Crippen LogP contribution in [0.5, 0.6) is 0 Å². The molecule has 1 aromatic carbocycles. The molecule has 0 radical (unpaired) electrons. The highest BCUT2D eigenvalue weighted by atomic mass is 35.5. The van der Waals surface area contributed by atoms with Crippen molar-refractivity contribution in [3.8, 4) is 0 Å². The molecule has 0 atom stereocenters. The van der Waals surface area contributed by atoms with Crippen molar-refractivity contribution in [2.45, 2.75) is 16.8 Å². The second kappa shape index (κ2) is 6.02. The van der Waals surface area contributed by atoms with Gasteiger partial charge in [0.1, 0.15) is 5.03 Å². The van der Waals surface area contributed by atoms with Crippen LogP contribution in [-0.2, 0) is 4.74 Å². The normalized spacial score (nSPS) is 10.9. The fraction of sp³-hybridized carbons (Fsp3) is 0.125. The van der Waals surface area contributed by atoms with Crippen LogP contribution in [0.15, 0.2) is 46.5 Å². The number of ether oxygens (including phenoxy) is 1. The van der Waals surface area contributed by atoms with Crippen LogP contribution in [0.1, 0.15) is 16.1 Å². The summed E-state index contributed by atoms with van der Waals surface area (Å²) in [5.41, 5.74) is 2.50. The summed E-state index contributed by atoms with van der Waals surface area (Å²) in [7, 11) is 1.36. The van der Waals surface area contributed by atoms with Gasteiger partial charge in [-0.15, -0.1) is 0 Å². The minimum Gasteiger partial charge on any atom is -0.465 e. The zero-order chi connectivity index (χ0) is 15.7. The van der Waals surface area contributed by atoms with Crippen LogP contribution in [0, 0.1) is 6.92 Å². The lowest BCUT2D eigenvalue weighted by molar-refractivity contribution is 0.0600. The van der Waals surface area contributed by atoms with Gasteiger partial charge in [-0.1, -0.05) is 29.4 Å². The van der Waals surface area contributed by atoms with Crippen LogP contribution in [0.3, 0.4) is 0 Å². The van der Waals surface area contributed by atoms with Crippen LogP contribution in [0.25, 0.3) is 10.9 Å². The van der Waals surface area contributed by atoms with Crippen LogP contribution in [-0.4, -0.2) is 23.0 Å². The Labute approximate surface area is 136 Å². The number of fused-ring (bicyclic) bond motifs is 1. The molecule has 3 rings (SSSR count). The van der Waals surface area contributed by atoms with E-state index in [4.69, 9.17) is 16.3 Å². The first-order valence-corrected chi connectivity index (χ1v) is 7.78. The molecule has 2 aromatic heterocycles. The Morgan fingerprint density at radius 2 is 2.14 bits per heavy atom. The minimum atomic E-state index is -0.369. The van der Waals surface area contributed by atoms with Gasteiger partial charge in [0.15, 0.2) is 0 Å². The number of benzene rings is 1. The molecule has 0 aliphatic rings. The third-order valence-corrected chi connectivity index (χ3v) is 4.65. The van der Waals surface area contributed by atoms with E-state index in [1.165, 1.54) is 18.9 Å². The topological polar surface area (TPSA) is 55.0 Å². The van der Waals surface area contributed by atoms with E-state index in [0.29, 0.717) is 10.6 Å². The maximum absolute atomic E-state index is 11.6. The van der Waals surface area contributed by atoms with E-state index in [0.717, 1.165) is 26.5 Å². The van der Waals surface area contributed by atoms with Crippen molar-refractivity contribution in [3.63, 3.8) is 0 Å². The highest BCUT2D eigenvalue weighted by Crippen LogP contribution is 2.36. The molecule has 0 bridgehead atoms. The zero-order valence-corrected chi connectivity index (χ0v) is 13.6. The number of H-pyrrole nitrogens is 1. The highest BCUT2D eigenvalue weighted by Gasteiger charge is 2.13. The van der Waals surface area contributed by atoms with Gasteiger partial charge in [-0.2, -0.15) is 0 Å². The fourth-order valence-corrected chi connectivity index (χ4v) is 3.40. The van der Waals surface area contributed by atoms with Gasteiger partial charge in [-0.3, -0.25) is 0 Å². The van der Waals surface area contributed by atoms with Gasteiger partial charge in [-0.25, -0.2) is 9.78 Å². The smallest absolute Gasteiger partial charge is 0.337 e. The van der Waals surface area contributed by atoms with Crippen molar-refractivity contribution < 1.29 is 9.53 Å². The number of hydrogen-bond donors (Lipinski definition) is 1. The first kappa shape index (κ1) is 14.9. The molecule has 0 aliphatic carbocycles. The molecule has 0 unspecified atom stereocenters. The maximum atomic E-state index is 11.6. The lowest BCUT2D eigenvalue weighted by Gasteiger charge is -2.03. The fourth-order valence-electron chi connectivity index (χ4n) is 2.22. The molecular weight excluding hydrogens is 320 g/mol. The first-order valence-electron chi connectivity index (χ1n) is 6.58. The summed E-state index contributed by atoms with van der Waals surface area (Å²) in [5, 5.41) is 2.51. The van der Waals surface area contributed by atoms with Crippen molar-refractivity contribution in [2.75, 3.05) is 7.11 Å². The maximum Gasteiger partial charge on any atom is 0.337 e. The number of aromatic nitrogens is 2. The van der Waals surface area contributed by atoms with Gasteiger partial charge in [0.05, 0.1) is 12.7 Å². The van der Waals surface area contributed by atoms with Gasteiger partial charge >= 0.3 is 5.97 Å². The Morgan fingerprint density at radius 1 is 1.32 bits per heavy atom. The van der Waals surface area contributed by atoms with E-state index < -0.39 is 0 Å². The Kier molecular flexibility index (Phi) is 4.09. The average molecular weight is 333 g/mol. The zero-order valence-electron chi connectivity index (χ0n) is 12.0. The van der Waals surface area contributed by atoms with E-state index in [-0.39, 0.29) is 5.97 Å². The summed E-state index contributed by atoms with van der Waals surface area (Å²) in [6.45, 7) is 2.00. The number of carbonyl (C=O) groups is 1. The molecule has 0 amide bonds. The number of aryl methyl sites for hydroxylation is 1. The number of halogens is 1. The van der Waals surface area contributed by atoms with Gasteiger partial charge in [0.25, 0.3) is 0 Å². The predicted octanol–water partition coefficient (Wildman–Crippen LogP) is 4.46. The van der Waals surface area contributed by atoms with Crippen LogP contribution < -0.4 is 0 Å². The number of aromatic amines is 1. The standard InChI is InChI=1S/C16H13ClN2O2S/c1-9-15(12-4-3-11(17)8-13(12)19-9)22-14-7-10(5-6-18-14)16(20)21-2/h3-8,19H,1-2H3. The largest absolute Gasteiger partial charge is 0.465 e. The number of pyridine rings is 1. The molecule has 4 nitrogen and oxygen atoms in total. The number of nitrogens with zero attached hydrogens (tertiary/aromatic N) is 1. The van der Waals surface area contributed by atoms with Crippen molar-refractivity contribution in [1.82, 2.24) is 9.97 Å². The quantitative estimate of drug-likeness (QED) is 0.719. The second-order valence-electron chi connectivity index (χ2n) is 4.75. The van der Waals surface area contributed by atoms with Crippen LogP contribution in [0.2, 0.25) is 5.02 Å². The van der Waals surface area contributed by atoms with Gasteiger partial charge in [0, 0.05) is 32.7 Å². The van der Waals surface area contributed by atoms with Crippen LogP contribution >= 0.6 is 23.4 Å². The summed E-state index contributed by atoms with van der Waals surface area (Å²) in [4.78, 5) is 20.3. The summed E-state index contributed by atoms with van der Waals surface area (Å²) >= 11 is 7.53. The lowest BCUT2D eigenvalue weighted by Crippen LogP contribution is -2.01. The van der Waals surface area contributed by atoms with Crippen molar-refractivity contribution in [3.05, 3.63) is 52.8 Å². The average Bonchev–Trinajstić information content (AvgIpc) is 2.82. The lowest BCUT2D eigenvalue weighted by atomic mass is 10.2. The molecule has 22 heavy (non-hydrogen) atoms. The molecule has 1 N–H and O–H groups in total. The second-order valence-corrected chi connectivity index (χ2v) is 6.21. The van der Waals surface area contributed by atoms with E-state index in [1.807, 2.05) is 25.1 Å². The third-order valence-electron chi connectivity index (χ3n) is 3.25. The van der Waals surface area contributed by atoms with Crippen molar-refractivity contribution in [2.24, 2.45) is 0 Å². The van der Waals surface area contributed by atoms with Gasteiger partial charge < -0.3 is 9.72 Å². The van der Waals surface area contributed by atoms with E-state index in [1.54, 1.807) is 18.3 Å². The molecular formula is C16H13ClN2O2S. The Balaban J connectivity index is 2.00. The Hall–Kier alpha value is -1.98. The monoisotopic (exact) mass is 332 g/mol. The Bertz CT molecular complexity index is 860. The summed E-state index contributed by atoms with van der Waals surface area (Å²) in [6.07, 6.45) is 1.61. The summed E-state index contributed by atoms with van der Waals surface area (Å²) in [6, 6.07) is 9.10. The number of nitrogens with one attached hydrogen (secondary N) is 1. The number of carbonyl (C=O) groups excluding carboxylic acids is 1. The molecule has 0 spiro atoms. The molecule has 3 aromatic rings. The van der Waals surface area contributed by atoms with Crippen molar-refractivity contribution in [1.29, 1.82) is 0 Å². The van der Waals surface area contributed by atoms with Gasteiger partial charge in [0.2, 0.25) is 0 Å². The molecule has 0 saturated heterocycles.